The zero-order chi connectivity index (χ0) is 18.8. The highest BCUT2D eigenvalue weighted by Crippen LogP contribution is 2.29. The molecule has 0 aliphatic heterocycles. The first-order valence-electron chi connectivity index (χ1n) is 7.06. The van der Waals surface area contributed by atoms with E-state index >= 15 is 0 Å². The SMILES string of the molecule is CCOC(=O)c1c(C)oc(NS(=O)(=O)c2ccc(Cl)cc2)c1C(N)=O. The Labute approximate surface area is 148 Å². The van der Waals surface area contributed by atoms with Gasteiger partial charge in [-0.1, -0.05) is 11.6 Å². The van der Waals surface area contributed by atoms with Gasteiger partial charge in [-0.2, -0.15) is 0 Å². The van der Waals surface area contributed by atoms with E-state index in [2.05, 4.69) is 4.72 Å². The van der Waals surface area contributed by atoms with Gasteiger partial charge in [0.05, 0.1) is 11.5 Å². The van der Waals surface area contributed by atoms with E-state index in [-0.39, 0.29) is 22.8 Å². The zero-order valence-electron chi connectivity index (χ0n) is 13.3. The van der Waals surface area contributed by atoms with Crippen molar-refractivity contribution in [3.8, 4) is 0 Å². The fourth-order valence-electron chi connectivity index (χ4n) is 2.10. The van der Waals surface area contributed by atoms with Crippen molar-refractivity contribution in [3.05, 3.63) is 46.2 Å². The second-order valence-corrected chi connectivity index (χ2v) is 7.00. The summed E-state index contributed by atoms with van der Waals surface area (Å²) in [6, 6.07) is 5.33. The summed E-state index contributed by atoms with van der Waals surface area (Å²) in [6.45, 7) is 3.04. The molecule has 0 fully saturated rings. The van der Waals surface area contributed by atoms with Crippen molar-refractivity contribution in [2.45, 2.75) is 18.7 Å². The standard InChI is InChI=1S/C15H15ClN2O6S/c1-3-23-15(20)11-8(2)24-14(12(11)13(17)19)18-25(21,22)10-6-4-9(16)5-7-10/h4-7,18H,3H2,1-2H3,(H2,17,19). The van der Waals surface area contributed by atoms with Crippen molar-refractivity contribution < 1.29 is 27.2 Å². The van der Waals surface area contributed by atoms with Gasteiger partial charge in [-0.25, -0.2) is 17.9 Å². The number of primary amides is 1. The number of halogens is 1. The van der Waals surface area contributed by atoms with Crippen LogP contribution in [0.2, 0.25) is 5.02 Å². The average molecular weight is 387 g/mol. The Morgan fingerprint density at radius 1 is 1.24 bits per heavy atom. The number of nitrogens with one attached hydrogen (secondary N) is 1. The number of nitrogens with two attached hydrogens (primary N) is 1. The molecule has 0 radical (unpaired) electrons. The Bertz CT molecular complexity index is 918. The van der Waals surface area contributed by atoms with E-state index in [1.54, 1.807) is 6.92 Å². The van der Waals surface area contributed by atoms with E-state index in [0.29, 0.717) is 5.02 Å². The molecular weight excluding hydrogens is 372 g/mol. The van der Waals surface area contributed by atoms with Gasteiger partial charge in [0.1, 0.15) is 16.9 Å². The van der Waals surface area contributed by atoms with E-state index in [1.165, 1.54) is 31.2 Å². The lowest BCUT2D eigenvalue weighted by Crippen LogP contribution is -2.20. The third kappa shape index (κ3) is 3.94. The molecule has 8 nitrogen and oxygen atoms in total. The van der Waals surface area contributed by atoms with Gasteiger partial charge < -0.3 is 14.9 Å². The Hall–Kier alpha value is -2.52. The van der Waals surface area contributed by atoms with Crippen LogP contribution in [0.4, 0.5) is 5.88 Å². The number of sulfonamides is 1. The van der Waals surface area contributed by atoms with Crippen LogP contribution in [0.15, 0.2) is 33.6 Å². The van der Waals surface area contributed by atoms with Gasteiger partial charge in [-0.3, -0.25) is 4.79 Å². The molecule has 2 rings (SSSR count). The van der Waals surface area contributed by atoms with Crippen LogP contribution < -0.4 is 10.5 Å². The average Bonchev–Trinajstić information content (AvgIpc) is 2.83. The number of hydrogen-bond donors (Lipinski definition) is 2. The third-order valence-electron chi connectivity index (χ3n) is 3.16. The van der Waals surface area contributed by atoms with Crippen LogP contribution in [0.5, 0.6) is 0 Å². The molecule has 0 saturated carbocycles. The number of rotatable bonds is 6. The van der Waals surface area contributed by atoms with Crippen molar-refractivity contribution in [2.75, 3.05) is 11.3 Å². The predicted molar refractivity (Wildman–Crippen MR) is 90.2 cm³/mol. The molecule has 0 spiro atoms. The molecule has 2 aromatic rings. The maximum absolute atomic E-state index is 12.4. The largest absolute Gasteiger partial charge is 0.462 e. The van der Waals surface area contributed by atoms with Crippen molar-refractivity contribution in [3.63, 3.8) is 0 Å². The molecule has 10 heteroatoms. The maximum atomic E-state index is 12.4. The van der Waals surface area contributed by atoms with Gasteiger partial charge in [0.15, 0.2) is 0 Å². The summed E-state index contributed by atoms with van der Waals surface area (Å²) in [5.41, 5.74) is 4.67. The van der Waals surface area contributed by atoms with Crippen molar-refractivity contribution in [2.24, 2.45) is 5.73 Å². The van der Waals surface area contributed by atoms with Crippen LogP contribution in [0.25, 0.3) is 0 Å². The smallest absolute Gasteiger partial charge is 0.342 e. The number of benzene rings is 1. The van der Waals surface area contributed by atoms with Gasteiger partial charge >= 0.3 is 5.97 Å². The molecule has 0 aliphatic carbocycles. The van der Waals surface area contributed by atoms with Crippen LogP contribution in [0.1, 0.15) is 33.4 Å². The van der Waals surface area contributed by atoms with Gasteiger partial charge in [0.2, 0.25) is 5.88 Å². The number of esters is 1. The summed E-state index contributed by atoms with van der Waals surface area (Å²) in [5.74, 6) is -2.33. The highest BCUT2D eigenvalue weighted by Gasteiger charge is 2.30. The van der Waals surface area contributed by atoms with Gasteiger partial charge in [0, 0.05) is 5.02 Å². The normalized spacial score (nSPS) is 11.2. The maximum Gasteiger partial charge on any atom is 0.342 e. The summed E-state index contributed by atoms with van der Waals surface area (Å²) in [6.07, 6.45) is 0. The molecule has 1 heterocycles. The number of carbonyl (C=O) groups excluding carboxylic acids is 2. The van der Waals surface area contributed by atoms with E-state index in [0.717, 1.165) is 0 Å². The zero-order valence-corrected chi connectivity index (χ0v) is 14.9. The van der Waals surface area contributed by atoms with E-state index in [1.807, 2.05) is 0 Å². The van der Waals surface area contributed by atoms with E-state index in [9.17, 15) is 18.0 Å². The molecule has 1 aromatic carbocycles. The second-order valence-electron chi connectivity index (χ2n) is 4.88. The van der Waals surface area contributed by atoms with E-state index < -0.39 is 33.3 Å². The molecular formula is C15H15ClN2O6S. The van der Waals surface area contributed by atoms with Crippen molar-refractivity contribution >= 4 is 39.4 Å². The minimum Gasteiger partial charge on any atom is -0.462 e. The minimum atomic E-state index is -4.09. The van der Waals surface area contributed by atoms with Crippen LogP contribution in [-0.2, 0) is 14.8 Å². The fourth-order valence-corrected chi connectivity index (χ4v) is 3.22. The molecule has 1 aromatic heterocycles. The lowest BCUT2D eigenvalue weighted by atomic mass is 10.1. The monoisotopic (exact) mass is 386 g/mol. The van der Waals surface area contributed by atoms with E-state index in [4.69, 9.17) is 26.5 Å². The number of aryl methyl sites for hydroxylation is 1. The molecule has 0 saturated heterocycles. The Morgan fingerprint density at radius 3 is 2.36 bits per heavy atom. The van der Waals surface area contributed by atoms with Gasteiger partial charge in [-0.15, -0.1) is 0 Å². The molecule has 134 valence electrons. The topological polar surface area (TPSA) is 129 Å². The Morgan fingerprint density at radius 2 is 1.84 bits per heavy atom. The lowest BCUT2D eigenvalue weighted by molar-refractivity contribution is 0.0521. The first-order chi connectivity index (χ1) is 11.7. The van der Waals surface area contributed by atoms with Crippen LogP contribution in [0.3, 0.4) is 0 Å². The summed E-state index contributed by atoms with van der Waals surface area (Å²) >= 11 is 5.73. The molecule has 3 N–H and O–H groups in total. The quantitative estimate of drug-likeness (QED) is 0.733. The number of furan rings is 1. The Kier molecular flexibility index (Phi) is 5.39. The van der Waals surface area contributed by atoms with Crippen LogP contribution >= 0.6 is 11.6 Å². The van der Waals surface area contributed by atoms with Gasteiger partial charge in [0.25, 0.3) is 15.9 Å². The van der Waals surface area contributed by atoms with Crippen LogP contribution in [0, 0.1) is 6.92 Å². The summed E-state index contributed by atoms with van der Waals surface area (Å²) in [4.78, 5) is 23.6. The number of amides is 1. The molecule has 25 heavy (non-hydrogen) atoms. The predicted octanol–water partition coefficient (Wildman–Crippen LogP) is 2.32. The molecule has 1 amide bonds. The molecule has 0 unspecified atom stereocenters. The highest BCUT2D eigenvalue weighted by atomic mass is 35.5. The first kappa shape index (κ1) is 18.8. The minimum absolute atomic E-state index is 0.000978. The number of carbonyl (C=O) groups is 2. The highest BCUT2D eigenvalue weighted by molar-refractivity contribution is 7.92. The third-order valence-corrected chi connectivity index (χ3v) is 4.76. The number of hydrogen-bond acceptors (Lipinski definition) is 6. The van der Waals surface area contributed by atoms with Crippen molar-refractivity contribution in [1.82, 2.24) is 0 Å². The Balaban J connectivity index is 2.49. The number of anilines is 1. The lowest BCUT2D eigenvalue weighted by Gasteiger charge is -2.07. The van der Waals surface area contributed by atoms with Gasteiger partial charge in [-0.05, 0) is 38.1 Å². The fraction of sp³-hybridized carbons (Fsp3) is 0.200. The molecule has 0 atom stereocenters. The first-order valence-corrected chi connectivity index (χ1v) is 8.92. The van der Waals surface area contributed by atoms with Crippen LogP contribution in [-0.4, -0.2) is 26.9 Å². The second kappa shape index (κ2) is 7.16. The van der Waals surface area contributed by atoms with Crippen molar-refractivity contribution in [1.29, 1.82) is 0 Å². The number of ether oxygens (including phenoxy) is 1. The molecule has 0 aliphatic rings. The summed E-state index contributed by atoms with van der Waals surface area (Å²) in [7, 11) is -4.09. The summed E-state index contributed by atoms with van der Waals surface area (Å²) < 4.78 is 37.0. The summed E-state index contributed by atoms with van der Waals surface area (Å²) in [5, 5.41) is 0.357. The molecule has 0 bridgehead atoms.